The molecule has 0 radical (unpaired) electrons. The highest BCUT2D eigenvalue weighted by atomic mass is 16.6. The SMILES string of the molecule is O=C1O[C@]2(CCNC2)CN1c1ccccc1. The number of para-hydroxylation sites is 1. The summed E-state index contributed by atoms with van der Waals surface area (Å²) in [5.41, 5.74) is 0.615. The van der Waals surface area contributed by atoms with Crippen molar-refractivity contribution in [3.05, 3.63) is 30.3 Å². The van der Waals surface area contributed by atoms with Crippen LogP contribution in [0.4, 0.5) is 10.5 Å². The fourth-order valence-corrected chi connectivity index (χ4v) is 2.37. The minimum Gasteiger partial charge on any atom is -0.439 e. The van der Waals surface area contributed by atoms with Gasteiger partial charge in [0.05, 0.1) is 6.54 Å². The Morgan fingerprint density at radius 3 is 2.81 bits per heavy atom. The number of carbonyl (C=O) groups is 1. The predicted octanol–water partition coefficient (Wildman–Crippen LogP) is 1.38. The molecule has 1 aromatic rings. The molecule has 84 valence electrons. The molecule has 0 aromatic heterocycles. The number of anilines is 1. The normalized spacial score (nSPS) is 28.8. The minimum atomic E-state index is -0.299. The minimum absolute atomic E-state index is 0.227. The Morgan fingerprint density at radius 1 is 1.31 bits per heavy atom. The molecule has 2 heterocycles. The van der Waals surface area contributed by atoms with Crippen LogP contribution in [0.1, 0.15) is 6.42 Å². The molecule has 1 amide bonds. The van der Waals surface area contributed by atoms with Crippen LogP contribution < -0.4 is 10.2 Å². The topological polar surface area (TPSA) is 41.6 Å². The molecule has 4 heteroatoms. The summed E-state index contributed by atoms with van der Waals surface area (Å²) >= 11 is 0. The number of ether oxygens (including phenoxy) is 1. The molecule has 1 atom stereocenters. The lowest BCUT2D eigenvalue weighted by Gasteiger charge is -2.19. The Balaban J connectivity index is 1.86. The first-order valence-corrected chi connectivity index (χ1v) is 5.55. The highest BCUT2D eigenvalue weighted by Gasteiger charge is 2.47. The standard InChI is InChI=1S/C12H14N2O2/c15-11-14(10-4-2-1-3-5-10)9-12(16-11)6-7-13-8-12/h1-5,13H,6-9H2/t12-/m0/s1. The molecule has 2 aliphatic heterocycles. The summed E-state index contributed by atoms with van der Waals surface area (Å²) in [6.45, 7) is 2.35. The highest BCUT2D eigenvalue weighted by Crippen LogP contribution is 2.31. The first kappa shape index (κ1) is 9.66. The van der Waals surface area contributed by atoms with Crippen molar-refractivity contribution in [1.29, 1.82) is 0 Å². The van der Waals surface area contributed by atoms with Gasteiger partial charge in [-0.3, -0.25) is 4.90 Å². The van der Waals surface area contributed by atoms with E-state index in [2.05, 4.69) is 5.32 Å². The van der Waals surface area contributed by atoms with Gasteiger partial charge < -0.3 is 10.1 Å². The van der Waals surface area contributed by atoms with Crippen molar-refractivity contribution in [2.45, 2.75) is 12.0 Å². The van der Waals surface area contributed by atoms with Crippen molar-refractivity contribution in [3.8, 4) is 0 Å². The first-order valence-electron chi connectivity index (χ1n) is 5.55. The molecule has 2 saturated heterocycles. The van der Waals surface area contributed by atoms with Crippen LogP contribution in [0.2, 0.25) is 0 Å². The summed E-state index contributed by atoms with van der Waals surface area (Å²) < 4.78 is 5.50. The van der Waals surface area contributed by atoms with E-state index >= 15 is 0 Å². The fraction of sp³-hybridized carbons (Fsp3) is 0.417. The van der Waals surface area contributed by atoms with E-state index in [1.165, 1.54) is 0 Å². The number of nitrogens with one attached hydrogen (secondary N) is 1. The third-order valence-electron chi connectivity index (χ3n) is 3.24. The molecule has 1 N–H and O–H groups in total. The van der Waals surface area contributed by atoms with Gasteiger partial charge in [0, 0.05) is 18.7 Å². The lowest BCUT2D eigenvalue weighted by atomic mass is 10.0. The van der Waals surface area contributed by atoms with E-state index in [1.807, 2.05) is 30.3 Å². The van der Waals surface area contributed by atoms with Crippen molar-refractivity contribution in [1.82, 2.24) is 5.32 Å². The number of carbonyl (C=O) groups excluding carboxylic acids is 1. The summed E-state index contributed by atoms with van der Waals surface area (Å²) in [5, 5.41) is 3.24. The molecule has 0 saturated carbocycles. The number of amides is 1. The third-order valence-corrected chi connectivity index (χ3v) is 3.24. The van der Waals surface area contributed by atoms with E-state index in [4.69, 9.17) is 4.74 Å². The third kappa shape index (κ3) is 1.46. The van der Waals surface area contributed by atoms with E-state index in [9.17, 15) is 4.79 Å². The van der Waals surface area contributed by atoms with Crippen molar-refractivity contribution in [2.75, 3.05) is 24.5 Å². The lowest BCUT2D eigenvalue weighted by molar-refractivity contribution is 0.0733. The Kier molecular flexibility index (Phi) is 2.11. The van der Waals surface area contributed by atoms with E-state index in [0.29, 0.717) is 6.54 Å². The molecule has 4 nitrogen and oxygen atoms in total. The zero-order valence-corrected chi connectivity index (χ0v) is 8.98. The smallest absolute Gasteiger partial charge is 0.415 e. The van der Waals surface area contributed by atoms with E-state index in [0.717, 1.165) is 25.2 Å². The second kappa shape index (κ2) is 3.49. The maximum Gasteiger partial charge on any atom is 0.415 e. The molecule has 16 heavy (non-hydrogen) atoms. The van der Waals surface area contributed by atoms with Crippen LogP contribution in [0.5, 0.6) is 0 Å². The molecule has 0 aliphatic carbocycles. The average Bonchev–Trinajstić information content (AvgIpc) is 2.88. The van der Waals surface area contributed by atoms with Crippen LogP contribution in [0.25, 0.3) is 0 Å². The maximum atomic E-state index is 11.8. The zero-order valence-electron chi connectivity index (χ0n) is 8.98. The number of nitrogens with zero attached hydrogens (tertiary/aromatic N) is 1. The maximum absolute atomic E-state index is 11.8. The molecule has 1 spiro atoms. The molecule has 2 fully saturated rings. The lowest BCUT2D eigenvalue weighted by Crippen LogP contribution is -2.36. The number of benzene rings is 1. The highest BCUT2D eigenvalue weighted by molar-refractivity contribution is 5.90. The van der Waals surface area contributed by atoms with Crippen molar-refractivity contribution in [2.24, 2.45) is 0 Å². The quantitative estimate of drug-likeness (QED) is 0.774. The van der Waals surface area contributed by atoms with Gasteiger partial charge in [0.25, 0.3) is 0 Å². The number of rotatable bonds is 1. The van der Waals surface area contributed by atoms with Crippen LogP contribution in [0, 0.1) is 0 Å². The Morgan fingerprint density at radius 2 is 2.12 bits per heavy atom. The first-order chi connectivity index (χ1) is 7.79. The monoisotopic (exact) mass is 218 g/mol. The van der Waals surface area contributed by atoms with E-state index in [1.54, 1.807) is 4.90 Å². The van der Waals surface area contributed by atoms with Gasteiger partial charge in [0.15, 0.2) is 0 Å². The van der Waals surface area contributed by atoms with Crippen LogP contribution in [0.3, 0.4) is 0 Å². The van der Waals surface area contributed by atoms with Crippen LogP contribution in [0.15, 0.2) is 30.3 Å². The Labute approximate surface area is 94.2 Å². The molecule has 2 aliphatic rings. The van der Waals surface area contributed by atoms with Gasteiger partial charge in [-0.25, -0.2) is 4.79 Å². The molecule has 0 unspecified atom stereocenters. The zero-order chi connectivity index (χ0) is 11.0. The van der Waals surface area contributed by atoms with Crippen LogP contribution in [-0.4, -0.2) is 31.3 Å². The molecular weight excluding hydrogens is 204 g/mol. The Bertz CT molecular complexity index is 399. The van der Waals surface area contributed by atoms with E-state index < -0.39 is 0 Å². The average molecular weight is 218 g/mol. The van der Waals surface area contributed by atoms with Crippen molar-refractivity contribution >= 4 is 11.8 Å². The van der Waals surface area contributed by atoms with Gasteiger partial charge in [-0.1, -0.05) is 18.2 Å². The summed E-state index contributed by atoms with van der Waals surface area (Å²) in [6.07, 6.45) is 0.678. The van der Waals surface area contributed by atoms with Gasteiger partial charge in [-0.15, -0.1) is 0 Å². The van der Waals surface area contributed by atoms with E-state index in [-0.39, 0.29) is 11.7 Å². The second-order valence-electron chi connectivity index (χ2n) is 4.40. The summed E-state index contributed by atoms with van der Waals surface area (Å²) in [6, 6.07) is 9.67. The van der Waals surface area contributed by atoms with Crippen molar-refractivity contribution in [3.63, 3.8) is 0 Å². The largest absolute Gasteiger partial charge is 0.439 e. The molecular formula is C12H14N2O2. The van der Waals surface area contributed by atoms with Gasteiger partial charge in [-0.2, -0.15) is 0 Å². The molecule has 1 aromatic carbocycles. The van der Waals surface area contributed by atoms with Gasteiger partial charge in [0.2, 0.25) is 0 Å². The van der Waals surface area contributed by atoms with Gasteiger partial charge in [-0.05, 0) is 18.7 Å². The van der Waals surface area contributed by atoms with Gasteiger partial charge in [0.1, 0.15) is 5.60 Å². The molecule has 3 rings (SSSR count). The number of hydrogen-bond donors (Lipinski definition) is 1. The van der Waals surface area contributed by atoms with Crippen LogP contribution >= 0.6 is 0 Å². The summed E-state index contributed by atoms with van der Waals surface area (Å²) in [7, 11) is 0. The predicted molar refractivity (Wildman–Crippen MR) is 60.5 cm³/mol. The summed E-state index contributed by atoms with van der Waals surface area (Å²) in [5.74, 6) is 0. The van der Waals surface area contributed by atoms with Crippen molar-refractivity contribution < 1.29 is 9.53 Å². The van der Waals surface area contributed by atoms with Crippen LogP contribution in [-0.2, 0) is 4.74 Å². The molecule has 0 bridgehead atoms. The Hall–Kier alpha value is -1.55. The van der Waals surface area contributed by atoms with Gasteiger partial charge >= 0.3 is 6.09 Å². The fourth-order valence-electron chi connectivity index (χ4n) is 2.37. The summed E-state index contributed by atoms with van der Waals surface area (Å²) in [4.78, 5) is 13.5. The second-order valence-corrected chi connectivity index (χ2v) is 4.40. The number of hydrogen-bond acceptors (Lipinski definition) is 3.